The molecular formula is C38H56ClN3O2S. The van der Waals surface area contributed by atoms with Gasteiger partial charge in [0.2, 0.25) is 0 Å². The first-order valence-electron chi connectivity index (χ1n) is 17.6. The van der Waals surface area contributed by atoms with E-state index in [0.717, 1.165) is 30.6 Å². The SMILES string of the molecule is CCCCCCCCCCCCOc1c(Cl)c(Sc2ccccc2N)c(OCCCCCCCCCCCC)c(C#N)c1C#N. The van der Waals surface area contributed by atoms with Crippen molar-refractivity contribution >= 4 is 29.1 Å². The van der Waals surface area contributed by atoms with Gasteiger partial charge in [-0.15, -0.1) is 0 Å². The first kappa shape index (κ1) is 38.6. The van der Waals surface area contributed by atoms with E-state index in [1.54, 1.807) is 0 Å². The van der Waals surface area contributed by atoms with Crippen LogP contribution in [-0.2, 0) is 0 Å². The zero-order valence-corrected chi connectivity index (χ0v) is 29.5. The van der Waals surface area contributed by atoms with Crippen LogP contribution in [0.25, 0.3) is 0 Å². The summed E-state index contributed by atoms with van der Waals surface area (Å²) in [5.41, 5.74) is 7.19. The molecule has 7 heteroatoms. The normalized spacial score (nSPS) is 10.9. The Labute approximate surface area is 283 Å². The van der Waals surface area contributed by atoms with Gasteiger partial charge in [-0.05, 0) is 25.0 Å². The fraction of sp³-hybridized carbons (Fsp3) is 0.632. The second kappa shape index (κ2) is 24.7. The van der Waals surface area contributed by atoms with Crippen molar-refractivity contribution in [2.24, 2.45) is 0 Å². The molecule has 45 heavy (non-hydrogen) atoms. The zero-order valence-electron chi connectivity index (χ0n) is 27.9. The van der Waals surface area contributed by atoms with Crippen molar-refractivity contribution in [3.8, 4) is 23.6 Å². The van der Waals surface area contributed by atoms with E-state index < -0.39 is 0 Å². The summed E-state index contributed by atoms with van der Waals surface area (Å²) in [6, 6.07) is 11.9. The van der Waals surface area contributed by atoms with Gasteiger partial charge in [-0.25, -0.2) is 0 Å². The van der Waals surface area contributed by atoms with Crippen LogP contribution in [0.1, 0.15) is 153 Å². The largest absolute Gasteiger partial charge is 0.491 e. The number of benzene rings is 2. The average Bonchev–Trinajstić information content (AvgIpc) is 3.05. The molecule has 2 aromatic rings. The van der Waals surface area contributed by atoms with Gasteiger partial charge >= 0.3 is 0 Å². The van der Waals surface area contributed by atoms with Crippen LogP contribution in [-0.4, -0.2) is 13.2 Å². The third-order valence-electron chi connectivity index (χ3n) is 8.15. The van der Waals surface area contributed by atoms with E-state index in [0.29, 0.717) is 34.6 Å². The van der Waals surface area contributed by atoms with Crippen molar-refractivity contribution in [1.82, 2.24) is 0 Å². The monoisotopic (exact) mass is 653 g/mol. The summed E-state index contributed by atoms with van der Waals surface area (Å²) in [4.78, 5) is 1.37. The first-order chi connectivity index (χ1) is 22.1. The Morgan fingerprint density at radius 1 is 0.622 bits per heavy atom. The molecular weight excluding hydrogens is 598 g/mol. The molecule has 2 rings (SSSR count). The summed E-state index contributed by atoms with van der Waals surface area (Å²) in [6.45, 7) is 5.38. The van der Waals surface area contributed by atoms with Crippen molar-refractivity contribution in [1.29, 1.82) is 10.5 Å². The molecule has 0 saturated heterocycles. The Morgan fingerprint density at radius 2 is 1.02 bits per heavy atom. The highest BCUT2D eigenvalue weighted by atomic mass is 35.5. The van der Waals surface area contributed by atoms with Gasteiger partial charge < -0.3 is 15.2 Å². The van der Waals surface area contributed by atoms with Gasteiger partial charge in [0, 0.05) is 10.6 Å². The predicted molar refractivity (Wildman–Crippen MR) is 191 cm³/mol. The zero-order chi connectivity index (χ0) is 32.5. The van der Waals surface area contributed by atoms with E-state index in [1.165, 1.54) is 114 Å². The van der Waals surface area contributed by atoms with Crippen LogP contribution in [0.15, 0.2) is 34.1 Å². The van der Waals surface area contributed by atoms with Gasteiger partial charge in [-0.2, -0.15) is 10.5 Å². The van der Waals surface area contributed by atoms with Gasteiger partial charge in [0.15, 0.2) is 11.5 Å². The topological polar surface area (TPSA) is 92.1 Å². The number of nitriles is 2. The van der Waals surface area contributed by atoms with Crippen molar-refractivity contribution in [2.75, 3.05) is 18.9 Å². The summed E-state index contributed by atoms with van der Waals surface area (Å²) < 4.78 is 12.4. The number of halogens is 1. The van der Waals surface area contributed by atoms with E-state index >= 15 is 0 Å². The summed E-state index contributed by atoms with van der Waals surface area (Å²) >= 11 is 8.33. The summed E-state index contributed by atoms with van der Waals surface area (Å²) in [6.07, 6.45) is 24.4. The predicted octanol–water partition coefficient (Wildman–Crippen LogP) is 12.4. The van der Waals surface area contributed by atoms with Crippen molar-refractivity contribution in [3.63, 3.8) is 0 Å². The minimum absolute atomic E-state index is 0.137. The highest BCUT2D eigenvalue weighted by Gasteiger charge is 2.27. The molecule has 0 aromatic heterocycles. The van der Waals surface area contributed by atoms with Crippen LogP contribution in [0.3, 0.4) is 0 Å². The Bertz CT molecular complexity index is 1190. The minimum atomic E-state index is 0.137. The van der Waals surface area contributed by atoms with Crippen LogP contribution >= 0.6 is 23.4 Å². The molecule has 0 atom stereocenters. The number of ether oxygens (including phenoxy) is 2. The maximum absolute atomic E-state index is 10.2. The molecule has 0 saturated carbocycles. The molecule has 0 aliphatic carbocycles. The van der Waals surface area contributed by atoms with Crippen LogP contribution in [0.2, 0.25) is 5.02 Å². The van der Waals surface area contributed by atoms with Gasteiger partial charge in [-0.1, -0.05) is 165 Å². The molecule has 0 aliphatic heterocycles. The Balaban J connectivity index is 2.05. The quantitative estimate of drug-likeness (QED) is 0.0802. The lowest BCUT2D eigenvalue weighted by molar-refractivity contribution is 0.289. The molecule has 0 radical (unpaired) electrons. The van der Waals surface area contributed by atoms with E-state index in [-0.39, 0.29) is 16.9 Å². The lowest BCUT2D eigenvalue weighted by Crippen LogP contribution is -2.07. The lowest BCUT2D eigenvalue weighted by Gasteiger charge is -2.19. The highest BCUT2D eigenvalue weighted by molar-refractivity contribution is 7.99. The Hall–Kier alpha value is -2.54. The van der Waals surface area contributed by atoms with E-state index in [9.17, 15) is 10.5 Å². The summed E-state index contributed by atoms with van der Waals surface area (Å²) in [5, 5.41) is 20.6. The second-order valence-corrected chi connectivity index (χ2v) is 13.4. The molecule has 0 unspecified atom stereocenters. The van der Waals surface area contributed by atoms with Crippen molar-refractivity contribution in [2.45, 2.75) is 152 Å². The molecule has 5 nitrogen and oxygen atoms in total. The number of hydrogen-bond acceptors (Lipinski definition) is 6. The number of nitrogens with two attached hydrogens (primary N) is 1. The third kappa shape index (κ3) is 14.6. The summed E-state index contributed by atoms with van der Waals surface area (Å²) in [5.74, 6) is 0.601. The van der Waals surface area contributed by atoms with Crippen LogP contribution in [0.5, 0.6) is 11.5 Å². The molecule has 248 valence electrons. The maximum atomic E-state index is 10.2. The van der Waals surface area contributed by atoms with E-state index in [2.05, 4.69) is 26.0 Å². The smallest absolute Gasteiger partial charge is 0.158 e. The van der Waals surface area contributed by atoms with Crippen molar-refractivity contribution < 1.29 is 9.47 Å². The molecule has 0 fully saturated rings. The third-order valence-corrected chi connectivity index (χ3v) is 9.81. The molecule has 0 heterocycles. The molecule has 2 N–H and O–H groups in total. The van der Waals surface area contributed by atoms with Crippen molar-refractivity contribution in [3.05, 3.63) is 40.4 Å². The minimum Gasteiger partial charge on any atom is -0.491 e. The molecule has 2 aromatic carbocycles. The first-order valence-corrected chi connectivity index (χ1v) is 18.8. The number of nitrogens with zero attached hydrogens (tertiary/aromatic N) is 2. The molecule has 0 aliphatic rings. The molecule has 0 spiro atoms. The van der Waals surface area contributed by atoms with Gasteiger partial charge in [0.1, 0.15) is 28.3 Å². The van der Waals surface area contributed by atoms with Crippen LogP contribution < -0.4 is 15.2 Å². The summed E-state index contributed by atoms with van der Waals surface area (Å²) in [7, 11) is 0. The van der Waals surface area contributed by atoms with Gasteiger partial charge in [0.05, 0.1) is 18.1 Å². The molecule has 0 bridgehead atoms. The number of hydrogen-bond donors (Lipinski definition) is 1. The Kier molecular flexibility index (Phi) is 21.2. The highest BCUT2D eigenvalue weighted by Crippen LogP contribution is 2.50. The number of rotatable bonds is 26. The molecule has 0 amide bonds. The number of nitrogen functional groups attached to an aromatic ring is 1. The van der Waals surface area contributed by atoms with Gasteiger partial charge in [-0.3, -0.25) is 0 Å². The van der Waals surface area contributed by atoms with Crippen LogP contribution in [0, 0.1) is 22.7 Å². The second-order valence-electron chi connectivity index (χ2n) is 12.0. The number of unbranched alkanes of at least 4 members (excludes halogenated alkanes) is 18. The standard InChI is InChI=1S/C38H56ClN3O2S/c1-3-5-7-9-11-13-15-17-19-23-27-43-36-31(29-40)32(30-41)37(38(35(36)39)45-34-26-22-21-25-33(34)42)44-28-24-20-18-16-14-12-10-8-6-4-2/h21-22,25-26H,3-20,23-24,27-28,42H2,1-2H3. The van der Waals surface area contributed by atoms with E-state index in [1.807, 2.05) is 24.3 Å². The van der Waals surface area contributed by atoms with Gasteiger partial charge in [0.25, 0.3) is 0 Å². The van der Waals surface area contributed by atoms with E-state index in [4.69, 9.17) is 26.8 Å². The fourth-order valence-corrected chi connectivity index (χ4v) is 6.78. The Morgan fingerprint density at radius 3 is 1.47 bits per heavy atom. The van der Waals surface area contributed by atoms with Crippen LogP contribution in [0.4, 0.5) is 5.69 Å². The lowest BCUT2D eigenvalue weighted by atomic mass is 10.1. The number of anilines is 1. The number of para-hydroxylation sites is 1. The average molecular weight is 654 g/mol. The fourth-order valence-electron chi connectivity index (χ4n) is 5.44. The maximum Gasteiger partial charge on any atom is 0.158 e.